The molecular formula is C18H21N5. The molecule has 2 N–H and O–H groups in total. The molecule has 0 fully saturated rings. The van der Waals surface area contributed by atoms with Crippen LogP contribution in [0.15, 0.2) is 43.6 Å². The highest BCUT2D eigenvalue weighted by Crippen LogP contribution is 2.29. The van der Waals surface area contributed by atoms with E-state index in [0.717, 1.165) is 47.5 Å². The molecule has 0 saturated carbocycles. The molecule has 5 heteroatoms. The van der Waals surface area contributed by atoms with Crippen molar-refractivity contribution in [2.24, 2.45) is 12.8 Å². The molecule has 0 amide bonds. The molecule has 0 aliphatic heterocycles. The lowest BCUT2D eigenvalue weighted by molar-refractivity contribution is 0.564. The van der Waals surface area contributed by atoms with Crippen molar-refractivity contribution in [2.75, 3.05) is 0 Å². The van der Waals surface area contributed by atoms with Crippen molar-refractivity contribution in [3.05, 3.63) is 60.7 Å². The highest BCUT2D eigenvalue weighted by Gasteiger charge is 2.24. The van der Waals surface area contributed by atoms with E-state index in [0.29, 0.717) is 5.82 Å². The smallest absolute Gasteiger partial charge is 0.160 e. The van der Waals surface area contributed by atoms with Gasteiger partial charge in [0.2, 0.25) is 0 Å². The zero-order valence-corrected chi connectivity index (χ0v) is 13.4. The minimum atomic E-state index is 0.155. The molecule has 0 spiro atoms. The summed E-state index contributed by atoms with van der Waals surface area (Å²) in [5.41, 5.74) is 10.9. The fraction of sp³-hybridized carbons (Fsp3) is 0.278. The molecule has 2 aromatic heterocycles. The molecule has 1 aliphatic carbocycles. The van der Waals surface area contributed by atoms with Crippen LogP contribution in [0.25, 0.3) is 17.0 Å². The average molecular weight is 307 g/mol. The third-order valence-electron chi connectivity index (χ3n) is 4.04. The maximum Gasteiger partial charge on any atom is 0.160 e. The lowest BCUT2D eigenvalue weighted by atomic mass is 9.90. The Morgan fingerprint density at radius 2 is 2.22 bits per heavy atom. The molecular weight excluding hydrogens is 286 g/mol. The number of rotatable bonds is 4. The van der Waals surface area contributed by atoms with E-state index in [1.165, 1.54) is 0 Å². The Hall–Kier alpha value is -2.53. The summed E-state index contributed by atoms with van der Waals surface area (Å²) in [5, 5.41) is 4.51. The van der Waals surface area contributed by atoms with Gasteiger partial charge in [-0.2, -0.15) is 5.10 Å². The molecule has 0 radical (unpaired) electrons. The summed E-state index contributed by atoms with van der Waals surface area (Å²) in [7, 11) is 1.90. The number of aromatic nitrogens is 4. The van der Waals surface area contributed by atoms with Gasteiger partial charge >= 0.3 is 0 Å². The molecule has 0 aromatic carbocycles. The second-order valence-corrected chi connectivity index (χ2v) is 5.76. The van der Waals surface area contributed by atoms with Crippen LogP contribution >= 0.6 is 0 Å². The van der Waals surface area contributed by atoms with E-state index < -0.39 is 0 Å². The van der Waals surface area contributed by atoms with Gasteiger partial charge in [-0.3, -0.25) is 4.68 Å². The third-order valence-corrected chi connectivity index (χ3v) is 4.04. The van der Waals surface area contributed by atoms with Gasteiger partial charge in [0, 0.05) is 36.1 Å². The molecule has 0 bridgehead atoms. The van der Waals surface area contributed by atoms with E-state index in [1.54, 1.807) is 16.8 Å². The summed E-state index contributed by atoms with van der Waals surface area (Å²) in [6.45, 7) is 7.59. The summed E-state index contributed by atoms with van der Waals surface area (Å²) in [5.74, 6) is 0.662. The summed E-state index contributed by atoms with van der Waals surface area (Å²) >= 11 is 0. The Bertz CT molecular complexity index is 785. The summed E-state index contributed by atoms with van der Waals surface area (Å²) < 4.78 is 1.78. The first-order valence-electron chi connectivity index (χ1n) is 7.73. The van der Waals surface area contributed by atoms with Gasteiger partial charge in [0.25, 0.3) is 0 Å². The van der Waals surface area contributed by atoms with Crippen molar-refractivity contribution in [3.63, 3.8) is 0 Å². The molecule has 1 atom stereocenters. The van der Waals surface area contributed by atoms with Gasteiger partial charge in [0.1, 0.15) is 5.69 Å². The monoisotopic (exact) mass is 307 g/mol. The lowest BCUT2D eigenvalue weighted by Crippen LogP contribution is -2.29. The number of allylic oxidation sites excluding steroid dienone is 4. The molecule has 2 aromatic rings. The van der Waals surface area contributed by atoms with Gasteiger partial charge < -0.3 is 5.73 Å². The third kappa shape index (κ3) is 3.00. The molecule has 1 aliphatic rings. The van der Waals surface area contributed by atoms with Gasteiger partial charge in [-0.05, 0) is 25.3 Å². The average Bonchev–Trinajstić information content (AvgIpc) is 2.98. The van der Waals surface area contributed by atoms with Crippen molar-refractivity contribution in [3.8, 4) is 11.4 Å². The molecule has 5 nitrogen and oxygen atoms in total. The fourth-order valence-electron chi connectivity index (χ4n) is 2.88. The van der Waals surface area contributed by atoms with Gasteiger partial charge in [0.05, 0.1) is 5.69 Å². The Kier molecular flexibility index (Phi) is 4.21. The number of hydrogen-bond donors (Lipinski definition) is 1. The maximum absolute atomic E-state index is 6.15. The van der Waals surface area contributed by atoms with Crippen molar-refractivity contribution in [2.45, 2.75) is 25.3 Å². The Labute approximate surface area is 136 Å². The standard InChI is InChI=1S/C18H21N5/c1-4-6-12(5-2)18-20-15-8-7-13(19)11-14(15)17(21-18)16-9-10-23(3)22-16/h4-6,9-10,13H,1-2,7-8,11,19H2,3H3/b12-6+. The Morgan fingerprint density at radius 1 is 1.39 bits per heavy atom. The van der Waals surface area contributed by atoms with E-state index in [-0.39, 0.29) is 6.04 Å². The Morgan fingerprint density at radius 3 is 2.87 bits per heavy atom. The van der Waals surface area contributed by atoms with Crippen LogP contribution in [0.1, 0.15) is 23.5 Å². The number of aryl methyl sites for hydroxylation is 2. The highest BCUT2D eigenvalue weighted by atomic mass is 15.2. The van der Waals surface area contributed by atoms with Crippen LogP contribution in [-0.4, -0.2) is 25.8 Å². The van der Waals surface area contributed by atoms with Crippen LogP contribution < -0.4 is 5.73 Å². The zero-order chi connectivity index (χ0) is 16.4. The molecule has 2 heterocycles. The van der Waals surface area contributed by atoms with E-state index >= 15 is 0 Å². The highest BCUT2D eigenvalue weighted by molar-refractivity contribution is 5.72. The Balaban J connectivity index is 2.20. The SMILES string of the molecule is C=C/C=C(\C=C)c1nc2c(c(-c3ccn(C)n3)n1)CC(N)CC2. The predicted molar refractivity (Wildman–Crippen MR) is 92.6 cm³/mol. The summed E-state index contributed by atoms with van der Waals surface area (Å²) in [4.78, 5) is 9.51. The lowest BCUT2D eigenvalue weighted by Gasteiger charge is -2.23. The van der Waals surface area contributed by atoms with E-state index in [2.05, 4.69) is 18.3 Å². The largest absolute Gasteiger partial charge is 0.327 e. The van der Waals surface area contributed by atoms with Crippen LogP contribution in [0.4, 0.5) is 0 Å². The second-order valence-electron chi connectivity index (χ2n) is 5.76. The van der Waals surface area contributed by atoms with Crippen LogP contribution in [0.5, 0.6) is 0 Å². The van der Waals surface area contributed by atoms with Gasteiger partial charge in [0.15, 0.2) is 5.82 Å². The summed E-state index contributed by atoms with van der Waals surface area (Å²) in [6, 6.07) is 2.12. The molecule has 118 valence electrons. The second kappa shape index (κ2) is 6.30. The van der Waals surface area contributed by atoms with Gasteiger partial charge in [-0.15, -0.1) is 0 Å². The van der Waals surface area contributed by atoms with Crippen LogP contribution in [0, 0.1) is 0 Å². The first kappa shape index (κ1) is 15.4. The number of nitrogens with two attached hydrogens (primary N) is 1. The minimum absolute atomic E-state index is 0.155. The molecule has 23 heavy (non-hydrogen) atoms. The number of hydrogen-bond acceptors (Lipinski definition) is 4. The van der Waals surface area contributed by atoms with E-state index in [4.69, 9.17) is 15.7 Å². The van der Waals surface area contributed by atoms with Crippen molar-refractivity contribution in [1.82, 2.24) is 19.7 Å². The van der Waals surface area contributed by atoms with Crippen molar-refractivity contribution >= 4 is 5.57 Å². The first-order valence-corrected chi connectivity index (χ1v) is 7.73. The number of fused-ring (bicyclic) bond motifs is 1. The van der Waals surface area contributed by atoms with E-state index in [9.17, 15) is 0 Å². The molecule has 0 saturated heterocycles. The molecule has 3 rings (SSSR count). The van der Waals surface area contributed by atoms with Gasteiger partial charge in [-0.1, -0.05) is 31.4 Å². The topological polar surface area (TPSA) is 69.6 Å². The quantitative estimate of drug-likeness (QED) is 0.881. The normalized spacial score (nSPS) is 17.7. The van der Waals surface area contributed by atoms with Crippen LogP contribution in [0.2, 0.25) is 0 Å². The van der Waals surface area contributed by atoms with Crippen molar-refractivity contribution in [1.29, 1.82) is 0 Å². The van der Waals surface area contributed by atoms with E-state index in [1.807, 2.05) is 25.4 Å². The zero-order valence-electron chi connectivity index (χ0n) is 13.4. The van der Waals surface area contributed by atoms with Crippen LogP contribution in [-0.2, 0) is 19.9 Å². The molecule has 1 unspecified atom stereocenters. The van der Waals surface area contributed by atoms with Crippen LogP contribution in [0.3, 0.4) is 0 Å². The predicted octanol–water partition coefficient (Wildman–Crippen LogP) is 2.45. The fourth-order valence-corrected chi connectivity index (χ4v) is 2.88. The summed E-state index contributed by atoms with van der Waals surface area (Å²) in [6.07, 6.45) is 9.85. The minimum Gasteiger partial charge on any atom is -0.327 e. The first-order chi connectivity index (χ1) is 11.1. The number of nitrogens with zero attached hydrogens (tertiary/aromatic N) is 4. The maximum atomic E-state index is 6.15. The van der Waals surface area contributed by atoms with Crippen molar-refractivity contribution < 1.29 is 0 Å². The van der Waals surface area contributed by atoms with Gasteiger partial charge in [-0.25, -0.2) is 9.97 Å².